The maximum absolute atomic E-state index is 13.1. The molecular formula is C23H24N4O3. The molecule has 1 N–H and O–H groups in total. The molecule has 0 saturated carbocycles. The van der Waals surface area contributed by atoms with E-state index in [2.05, 4.69) is 9.97 Å². The molecule has 2 amide bonds. The first-order valence-electron chi connectivity index (χ1n) is 10.1. The van der Waals surface area contributed by atoms with Crippen LogP contribution in [0.1, 0.15) is 38.4 Å². The molecule has 1 aliphatic heterocycles. The highest BCUT2D eigenvalue weighted by Gasteiger charge is 2.25. The first-order valence-corrected chi connectivity index (χ1v) is 10.1. The Bertz CT molecular complexity index is 1180. The summed E-state index contributed by atoms with van der Waals surface area (Å²) < 4.78 is 0. The number of aryl methyl sites for hydroxylation is 2. The number of aromatic amines is 1. The summed E-state index contributed by atoms with van der Waals surface area (Å²) in [7, 11) is 0. The van der Waals surface area contributed by atoms with E-state index in [1.54, 1.807) is 21.9 Å². The summed E-state index contributed by atoms with van der Waals surface area (Å²) >= 11 is 0. The van der Waals surface area contributed by atoms with Gasteiger partial charge in [0.25, 0.3) is 11.8 Å². The van der Waals surface area contributed by atoms with Gasteiger partial charge >= 0.3 is 0 Å². The molecule has 1 aromatic carbocycles. The number of amides is 2. The van der Waals surface area contributed by atoms with Crippen LogP contribution in [-0.4, -0.2) is 57.8 Å². The molecule has 1 aliphatic rings. The second-order valence-corrected chi connectivity index (χ2v) is 7.69. The van der Waals surface area contributed by atoms with Gasteiger partial charge < -0.3 is 14.8 Å². The topological polar surface area (TPSA) is 86.4 Å². The van der Waals surface area contributed by atoms with Crippen LogP contribution >= 0.6 is 0 Å². The Kier molecular flexibility index (Phi) is 5.35. The average Bonchev–Trinajstić information content (AvgIpc) is 2.99. The SMILES string of the molecule is Cc1cccc(C(=O)N2CCCN(C(=O)c3c[nH]c4nc(C)ccc4c3=O)CC2)c1. The molecule has 7 heteroatoms. The highest BCUT2D eigenvalue weighted by Crippen LogP contribution is 2.13. The van der Waals surface area contributed by atoms with Crippen LogP contribution < -0.4 is 5.43 Å². The molecule has 0 bridgehead atoms. The lowest BCUT2D eigenvalue weighted by atomic mass is 10.1. The summed E-state index contributed by atoms with van der Waals surface area (Å²) in [4.78, 5) is 49.4. The lowest BCUT2D eigenvalue weighted by molar-refractivity contribution is 0.0718. The zero-order valence-electron chi connectivity index (χ0n) is 17.1. The quantitative estimate of drug-likeness (QED) is 0.711. The Balaban J connectivity index is 1.52. The van der Waals surface area contributed by atoms with E-state index in [-0.39, 0.29) is 22.8 Å². The number of fused-ring (bicyclic) bond motifs is 1. The minimum absolute atomic E-state index is 0.0296. The summed E-state index contributed by atoms with van der Waals surface area (Å²) in [6.07, 6.45) is 2.11. The molecule has 0 unspecified atom stereocenters. The summed E-state index contributed by atoms with van der Waals surface area (Å²) in [6, 6.07) is 11.0. The normalized spacial score (nSPS) is 14.6. The molecule has 0 atom stereocenters. The monoisotopic (exact) mass is 404 g/mol. The second-order valence-electron chi connectivity index (χ2n) is 7.69. The van der Waals surface area contributed by atoms with E-state index >= 15 is 0 Å². The van der Waals surface area contributed by atoms with Crippen molar-refractivity contribution in [3.63, 3.8) is 0 Å². The van der Waals surface area contributed by atoms with Crippen LogP contribution in [0.2, 0.25) is 0 Å². The Morgan fingerprint density at radius 3 is 2.43 bits per heavy atom. The number of H-pyrrole nitrogens is 1. The smallest absolute Gasteiger partial charge is 0.259 e. The van der Waals surface area contributed by atoms with Gasteiger partial charge in [0.05, 0.1) is 5.39 Å². The molecule has 30 heavy (non-hydrogen) atoms. The van der Waals surface area contributed by atoms with Crippen molar-refractivity contribution in [1.82, 2.24) is 19.8 Å². The number of pyridine rings is 2. The fraction of sp³-hybridized carbons (Fsp3) is 0.304. The van der Waals surface area contributed by atoms with Crippen LogP contribution in [0.5, 0.6) is 0 Å². The predicted molar refractivity (Wildman–Crippen MR) is 115 cm³/mol. The Morgan fingerprint density at radius 2 is 1.70 bits per heavy atom. The molecule has 0 radical (unpaired) electrons. The van der Waals surface area contributed by atoms with Gasteiger partial charge in [-0.25, -0.2) is 4.98 Å². The molecular weight excluding hydrogens is 380 g/mol. The van der Waals surface area contributed by atoms with Gasteiger partial charge in [-0.1, -0.05) is 17.7 Å². The van der Waals surface area contributed by atoms with E-state index in [1.807, 2.05) is 38.1 Å². The molecule has 0 spiro atoms. The summed E-state index contributed by atoms with van der Waals surface area (Å²) in [5, 5.41) is 0.400. The van der Waals surface area contributed by atoms with Crippen molar-refractivity contribution in [2.75, 3.05) is 26.2 Å². The Labute approximate surface area is 174 Å². The van der Waals surface area contributed by atoms with Gasteiger partial charge in [-0.15, -0.1) is 0 Å². The summed E-state index contributed by atoms with van der Waals surface area (Å²) in [5.74, 6) is -0.346. The van der Waals surface area contributed by atoms with Gasteiger partial charge in [0.1, 0.15) is 11.2 Å². The van der Waals surface area contributed by atoms with Crippen LogP contribution in [0.25, 0.3) is 11.0 Å². The van der Waals surface area contributed by atoms with E-state index < -0.39 is 0 Å². The first-order chi connectivity index (χ1) is 14.4. The molecule has 3 aromatic rings. The Hall–Kier alpha value is -3.48. The highest BCUT2D eigenvalue weighted by atomic mass is 16.2. The number of rotatable bonds is 2. The minimum atomic E-state index is -0.321. The van der Waals surface area contributed by atoms with E-state index in [1.165, 1.54) is 6.20 Å². The van der Waals surface area contributed by atoms with Crippen LogP contribution in [0.4, 0.5) is 0 Å². The van der Waals surface area contributed by atoms with E-state index in [9.17, 15) is 14.4 Å². The van der Waals surface area contributed by atoms with Crippen LogP contribution in [0.15, 0.2) is 47.4 Å². The van der Waals surface area contributed by atoms with Crippen molar-refractivity contribution in [3.8, 4) is 0 Å². The number of nitrogens with zero attached hydrogens (tertiary/aromatic N) is 3. The minimum Gasteiger partial charge on any atom is -0.345 e. The van der Waals surface area contributed by atoms with E-state index in [0.717, 1.165) is 11.3 Å². The molecule has 3 heterocycles. The molecule has 154 valence electrons. The largest absolute Gasteiger partial charge is 0.345 e. The maximum Gasteiger partial charge on any atom is 0.259 e. The van der Waals surface area contributed by atoms with Crippen molar-refractivity contribution in [1.29, 1.82) is 0 Å². The third kappa shape index (κ3) is 3.83. The number of carbonyl (C=O) groups is 2. The molecule has 1 fully saturated rings. The van der Waals surface area contributed by atoms with Crippen molar-refractivity contribution in [2.45, 2.75) is 20.3 Å². The fourth-order valence-corrected chi connectivity index (χ4v) is 3.81. The standard InChI is InChI=1S/C23H24N4O3/c1-15-5-3-6-17(13-15)22(29)26-9-4-10-27(12-11-26)23(30)19-14-24-21-18(20(19)28)8-7-16(2)25-21/h3,5-8,13-14H,4,9-12H2,1-2H3,(H,24,25,28). The lowest BCUT2D eigenvalue weighted by Gasteiger charge is -2.22. The third-order valence-electron chi connectivity index (χ3n) is 5.44. The van der Waals surface area contributed by atoms with E-state index in [0.29, 0.717) is 49.2 Å². The number of benzene rings is 1. The fourth-order valence-electron chi connectivity index (χ4n) is 3.81. The van der Waals surface area contributed by atoms with Gasteiger partial charge in [-0.2, -0.15) is 0 Å². The van der Waals surface area contributed by atoms with Gasteiger partial charge in [-0.05, 0) is 44.5 Å². The van der Waals surface area contributed by atoms with Crippen LogP contribution in [0, 0.1) is 13.8 Å². The zero-order chi connectivity index (χ0) is 21.3. The number of aromatic nitrogens is 2. The maximum atomic E-state index is 13.1. The number of nitrogens with one attached hydrogen (secondary N) is 1. The van der Waals surface area contributed by atoms with Gasteiger partial charge in [0.2, 0.25) is 5.43 Å². The van der Waals surface area contributed by atoms with Crippen LogP contribution in [0.3, 0.4) is 0 Å². The van der Waals surface area contributed by atoms with Gasteiger partial charge in [-0.3, -0.25) is 14.4 Å². The Morgan fingerprint density at radius 1 is 0.967 bits per heavy atom. The predicted octanol–water partition coefficient (Wildman–Crippen LogP) is 2.53. The van der Waals surface area contributed by atoms with Crippen molar-refractivity contribution < 1.29 is 9.59 Å². The zero-order valence-corrected chi connectivity index (χ0v) is 17.1. The number of hydrogen-bond acceptors (Lipinski definition) is 4. The lowest BCUT2D eigenvalue weighted by Crippen LogP contribution is -2.38. The molecule has 2 aromatic heterocycles. The third-order valence-corrected chi connectivity index (χ3v) is 5.44. The number of hydrogen-bond donors (Lipinski definition) is 1. The number of carbonyl (C=O) groups excluding carboxylic acids is 2. The molecule has 1 saturated heterocycles. The molecule has 7 nitrogen and oxygen atoms in total. The molecule has 0 aliphatic carbocycles. The van der Waals surface area contributed by atoms with Crippen molar-refractivity contribution >= 4 is 22.8 Å². The average molecular weight is 404 g/mol. The summed E-state index contributed by atoms with van der Waals surface area (Å²) in [6.45, 7) is 5.70. The first kappa shape index (κ1) is 19.8. The van der Waals surface area contributed by atoms with E-state index in [4.69, 9.17) is 0 Å². The second kappa shape index (κ2) is 8.10. The highest BCUT2D eigenvalue weighted by molar-refractivity contribution is 5.97. The van der Waals surface area contributed by atoms with Crippen LogP contribution in [-0.2, 0) is 0 Å². The van der Waals surface area contributed by atoms with Gasteiger partial charge in [0.15, 0.2) is 0 Å². The summed E-state index contributed by atoms with van der Waals surface area (Å²) in [5.41, 5.74) is 2.74. The van der Waals surface area contributed by atoms with Crippen molar-refractivity contribution in [2.24, 2.45) is 0 Å². The van der Waals surface area contributed by atoms with Gasteiger partial charge in [0, 0.05) is 43.6 Å². The molecule has 4 rings (SSSR count). The van der Waals surface area contributed by atoms with Crippen molar-refractivity contribution in [3.05, 3.63) is 75.2 Å².